The highest BCUT2D eigenvalue weighted by molar-refractivity contribution is 5.99. The highest BCUT2D eigenvalue weighted by atomic mass is 16.2. The summed E-state index contributed by atoms with van der Waals surface area (Å²) in [6.45, 7) is 2.23. The number of carbonyl (C=O) groups excluding carboxylic acids is 1. The van der Waals surface area contributed by atoms with Crippen LogP contribution in [0.4, 0.5) is 0 Å². The molecule has 0 aliphatic rings. The monoisotopic (exact) mass is 324 g/mol. The van der Waals surface area contributed by atoms with Crippen molar-refractivity contribution in [2.75, 3.05) is 0 Å². The standard InChI is InChI=1S/C21H28N2O/c1-2-3-4-5-6-7-8-16-21(24)23-22-17-19-14-11-13-18-12-9-10-15-20(18)19/h9-15,17H,2-8,16H2,1H3,(H,23,24)/b22-17+. The van der Waals surface area contributed by atoms with Crippen molar-refractivity contribution in [3.05, 3.63) is 48.0 Å². The molecule has 1 amide bonds. The molecule has 0 heterocycles. The molecule has 0 unspecified atom stereocenters. The van der Waals surface area contributed by atoms with E-state index in [0.29, 0.717) is 6.42 Å². The molecule has 0 fully saturated rings. The predicted molar refractivity (Wildman–Crippen MR) is 102 cm³/mol. The average molecular weight is 324 g/mol. The molecule has 0 saturated heterocycles. The minimum atomic E-state index is 0.0000415. The van der Waals surface area contributed by atoms with Crippen LogP contribution in [0.15, 0.2) is 47.6 Å². The number of hydrogen-bond acceptors (Lipinski definition) is 2. The summed E-state index contributed by atoms with van der Waals surface area (Å²) in [4.78, 5) is 11.8. The van der Waals surface area contributed by atoms with E-state index in [9.17, 15) is 4.79 Å². The second kappa shape index (κ2) is 10.6. The Labute approximate surface area is 145 Å². The molecule has 0 aromatic heterocycles. The molecule has 128 valence electrons. The Morgan fingerprint density at radius 1 is 0.958 bits per heavy atom. The van der Waals surface area contributed by atoms with Gasteiger partial charge in [-0.2, -0.15) is 5.10 Å². The largest absolute Gasteiger partial charge is 0.273 e. The molecule has 3 heteroatoms. The maximum atomic E-state index is 11.8. The molecule has 2 aromatic carbocycles. The van der Waals surface area contributed by atoms with Crippen molar-refractivity contribution in [1.29, 1.82) is 0 Å². The maximum absolute atomic E-state index is 11.8. The Bertz CT molecular complexity index is 658. The number of unbranched alkanes of at least 4 members (excludes halogenated alkanes) is 6. The number of rotatable bonds is 10. The summed E-state index contributed by atoms with van der Waals surface area (Å²) in [5.74, 6) is 0.0000415. The molecule has 0 bridgehead atoms. The fourth-order valence-electron chi connectivity index (χ4n) is 2.84. The first kappa shape index (κ1) is 18.2. The number of hydrazone groups is 1. The summed E-state index contributed by atoms with van der Waals surface area (Å²) in [6.07, 6.45) is 10.8. The van der Waals surface area contributed by atoms with Crippen LogP contribution in [0.1, 0.15) is 63.9 Å². The van der Waals surface area contributed by atoms with Crippen molar-refractivity contribution in [2.24, 2.45) is 5.10 Å². The SMILES string of the molecule is CCCCCCCCCC(=O)N/N=C/c1cccc2ccccc12. The van der Waals surface area contributed by atoms with E-state index in [-0.39, 0.29) is 5.91 Å². The molecule has 2 aromatic rings. The zero-order valence-corrected chi connectivity index (χ0v) is 14.6. The molecule has 0 radical (unpaired) electrons. The Morgan fingerprint density at radius 3 is 2.50 bits per heavy atom. The molecule has 0 atom stereocenters. The predicted octanol–water partition coefficient (Wildman–Crippen LogP) is 5.43. The summed E-state index contributed by atoms with van der Waals surface area (Å²) in [5, 5.41) is 6.43. The van der Waals surface area contributed by atoms with Crippen LogP contribution in [0.2, 0.25) is 0 Å². The maximum Gasteiger partial charge on any atom is 0.240 e. The zero-order chi connectivity index (χ0) is 17.0. The number of nitrogens with one attached hydrogen (secondary N) is 1. The molecule has 1 N–H and O–H groups in total. The van der Waals surface area contributed by atoms with Crippen molar-refractivity contribution in [1.82, 2.24) is 5.43 Å². The van der Waals surface area contributed by atoms with E-state index in [1.165, 1.54) is 37.5 Å². The van der Waals surface area contributed by atoms with Crippen LogP contribution >= 0.6 is 0 Å². The van der Waals surface area contributed by atoms with E-state index in [4.69, 9.17) is 0 Å². The lowest BCUT2D eigenvalue weighted by Gasteiger charge is -2.02. The number of benzene rings is 2. The quantitative estimate of drug-likeness (QED) is 0.353. The first-order chi connectivity index (χ1) is 11.8. The van der Waals surface area contributed by atoms with Crippen molar-refractivity contribution in [3.63, 3.8) is 0 Å². The fourth-order valence-corrected chi connectivity index (χ4v) is 2.84. The van der Waals surface area contributed by atoms with Crippen LogP contribution in [0, 0.1) is 0 Å². The number of hydrogen-bond donors (Lipinski definition) is 1. The summed E-state index contributed by atoms with van der Waals surface area (Å²) in [7, 11) is 0. The van der Waals surface area contributed by atoms with Crippen LogP contribution in [0.5, 0.6) is 0 Å². The van der Waals surface area contributed by atoms with E-state index in [0.717, 1.165) is 23.8 Å². The van der Waals surface area contributed by atoms with Crippen LogP contribution in [-0.2, 0) is 4.79 Å². The van der Waals surface area contributed by atoms with E-state index in [1.54, 1.807) is 6.21 Å². The molecular weight excluding hydrogens is 296 g/mol. The minimum Gasteiger partial charge on any atom is -0.273 e. The second-order valence-electron chi connectivity index (χ2n) is 6.23. The lowest BCUT2D eigenvalue weighted by atomic mass is 10.1. The Kier molecular flexibility index (Phi) is 8.02. The third-order valence-corrected chi connectivity index (χ3v) is 4.22. The van der Waals surface area contributed by atoms with Crippen LogP contribution in [-0.4, -0.2) is 12.1 Å². The third kappa shape index (κ3) is 6.15. The van der Waals surface area contributed by atoms with Gasteiger partial charge in [0.15, 0.2) is 0 Å². The van der Waals surface area contributed by atoms with Gasteiger partial charge in [0.25, 0.3) is 0 Å². The Hall–Kier alpha value is -2.16. The van der Waals surface area contributed by atoms with Gasteiger partial charge in [0.2, 0.25) is 5.91 Å². The molecular formula is C21H28N2O. The van der Waals surface area contributed by atoms with Gasteiger partial charge in [0, 0.05) is 12.0 Å². The molecule has 3 nitrogen and oxygen atoms in total. The average Bonchev–Trinajstić information content (AvgIpc) is 2.61. The van der Waals surface area contributed by atoms with Crippen molar-refractivity contribution in [2.45, 2.75) is 58.3 Å². The topological polar surface area (TPSA) is 41.5 Å². The third-order valence-electron chi connectivity index (χ3n) is 4.22. The molecule has 24 heavy (non-hydrogen) atoms. The number of carbonyl (C=O) groups is 1. The Balaban J connectivity index is 1.70. The van der Waals surface area contributed by atoms with Gasteiger partial charge in [-0.05, 0) is 17.2 Å². The molecule has 0 saturated carbocycles. The van der Waals surface area contributed by atoms with Crippen LogP contribution < -0.4 is 5.43 Å². The van der Waals surface area contributed by atoms with Crippen LogP contribution in [0.3, 0.4) is 0 Å². The zero-order valence-electron chi connectivity index (χ0n) is 14.6. The lowest BCUT2D eigenvalue weighted by molar-refractivity contribution is -0.121. The smallest absolute Gasteiger partial charge is 0.240 e. The van der Waals surface area contributed by atoms with Gasteiger partial charge in [0.05, 0.1) is 6.21 Å². The van der Waals surface area contributed by atoms with Gasteiger partial charge in [0.1, 0.15) is 0 Å². The van der Waals surface area contributed by atoms with Gasteiger partial charge in [-0.1, -0.05) is 87.9 Å². The number of fused-ring (bicyclic) bond motifs is 1. The summed E-state index contributed by atoms with van der Waals surface area (Å²) < 4.78 is 0. The van der Waals surface area contributed by atoms with E-state index < -0.39 is 0 Å². The first-order valence-electron chi connectivity index (χ1n) is 9.11. The summed E-state index contributed by atoms with van der Waals surface area (Å²) >= 11 is 0. The fraction of sp³-hybridized carbons (Fsp3) is 0.429. The normalized spacial score (nSPS) is 11.2. The number of amides is 1. The second-order valence-corrected chi connectivity index (χ2v) is 6.23. The molecule has 0 aliphatic carbocycles. The van der Waals surface area contributed by atoms with Crippen molar-refractivity contribution >= 4 is 22.9 Å². The number of nitrogens with zero attached hydrogens (tertiary/aromatic N) is 1. The molecule has 0 spiro atoms. The Morgan fingerprint density at radius 2 is 1.67 bits per heavy atom. The molecule has 0 aliphatic heterocycles. The van der Waals surface area contributed by atoms with Gasteiger partial charge < -0.3 is 0 Å². The van der Waals surface area contributed by atoms with Gasteiger partial charge in [-0.15, -0.1) is 0 Å². The van der Waals surface area contributed by atoms with Crippen molar-refractivity contribution in [3.8, 4) is 0 Å². The molecule has 2 rings (SSSR count). The van der Waals surface area contributed by atoms with Gasteiger partial charge >= 0.3 is 0 Å². The highest BCUT2D eigenvalue weighted by Gasteiger charge is 2.00. The minimum absolute atomic E-state index is 0.0000415. The highest BCUT2D eigenvalue weighted by Crippen LogP contribution is 2.16. The summed E-state index contributed by atoms with van der Waals surface area (Å²) in [6, 6.07) is 14.3. The van der Waals surface area contributed by atoms with E-state index in [2.05, 4.69) is 35.7 Å². The van der Waals surface area contributed by atoms with E-state index in [1.807, 2.05) is 24.3 Å². The van der Waals surface area contributed by atoms with Crippen LogP contribution in [0.25, 0.3) is 10.8 Å². The first-order valence-corrected chi connectivity index (χ1v) is 9.11. The van der Waals surface area contributed by atoms with Gasteiger partial charge in [-0.25, -0.2) is 5.43 Å². The summed E-state index contributed by atoms with van der Waals surface area (Å²) in [5.41, 5.74) is 3.66. The van der Waals surface area contributed by atoms with E-state index >= 15 is 0 Å². The lowest BCUT2D eigenvalue weighted by Crippen LogP contribution is -2.16. The van der Waals surface area contributed by atoms with Crippen molar-refractivity contribution < 1.29 is 4.79 Å². The van der Waals surface area contributed by atoms with Gasteiger partial charge in [-0.3, -0.25) is 4.79 Å².